The monoisotopic (exact) mass is 252 g/mol. The van der Waals surface area contributed by atoms with Gasteiger partial charge in [-0.25, -0.2) is 9.97 Å². The molecule has 0 radical (unpaired) electrons. The molecule has 1 aromatic heterocycles. The van der Waals surface area contributed by atoms with Crippen LogP contribution in [0.1, 0.15) is 30.6 Å². The van der Waals surface area contributed by atoms with E-state index in [-0.39, 0.29) is 11.9 Å². The molecule has 0 saturated heterocycles. The largest absolute Gasteiger partial charge is 0.385 e. The van der Waals surface area contributed by atoms with Gasteiger partial charge in [0.2, 0.25) is 5.95 Å². The molecule has 2 N–H and O–H groups in total. The molecule has 0 aliphatic carbocycles. The fourth-order valence-corrected chi connectivity index (χ4v) is 1.30. The average Bonchev–Trinajstić information content (AvgIpc) is 2.34. The number of rotatable bonds is 7. The smallest absolute Gasteiger partial charge is 0.254 e. The molecule has 0 aliphatic rings. The molecule has 0 spiro atoms. The highest BCUT2D eigenvalue weighted by atomic mass is 16.5. The number of hydrogen-bond acceptors (Lipinski definition) is 5. The van der Waals surface area contributed by atoms with E-state index in [2.05, 4.69) is 20.6 Å². The summed E-state index contributed by atoms with van der Waals surface area (Å²) in [6, 6.07) is 0.101. The van der Waals surface area contributed by atoms with Crippen molar-refractivity contribution in [2.75, 3.05) is 25.6 Å². The Labute approximate surface area is 107 Å². The zero-order valence-corrected chi connectivity index (χ0v) is 11.1. The lowest BCUT2D eigenvalue weighted by Crippen LogP contribution is -2.30. The van der Waals surface area contributed by atoms with Crippen LogP contribution in [0.4, 0.5) is 5.95 Å². The normalized spacial score (nSPS) is 10.4. The van der Waals surface area contributed by atoms with E-state index in [1.165, 1.54) is 12.4 Å². The fraction of sp³-hybridized carbons (Fsp3) is 0.583. The number of aromatic nitrogens is 2. The minimum absolute atomic E-state index is 0.101. The fourth-order valence-electron chi connectivity index (χ4n) is 1.30. The molecule has 0 fully saturated rings. The number of ether oxygens (including phenoxy) is 1. The summed E-state index contributed by atoms with van der Waals surface area (Å²) in [4.78, 5) is 19.8. The van der Waals surface area contributed by atoms with Gasteiger partial charge < -0.3 is 15.4 Å². The van der Waals surface area contributed by atoms with Gasteiger partial charge in [0.15, 0.2) is 0 Å². The number of nitrogens with one attached hydrogen (secondary N) is 2. The van der Waals surface area contributed by atoms with Gasteiger partial charge in [-0.2, -0.15) is 0 Å². The zero-order valence-electron chi connectivity index (χ0n) is 11.1. The Bertz CT molecular complexity index is 365. The first-order valence-corrected chi connectivity index (χ1v) is 5.99. The van der Waals surface area contributed by atoms with Crippen LogP contribution in [0.3, 0.4) is 0 Å². The number of nitrogens with zero attached hydrogens (tertiary/aromatic N) is 2. The highest BCUT2D eigenvalue weighted by molar-refractivity contribution is 5.93. The molecule has 100 valence electrons. The molecule has 0 aliphatic heterocycles. The van der Waals surface area contributed by atoms with Crippen LogP contribution < -0.4 is 10.6 Å². The average molecular weight is 252 g/mol. The molecule has 1 aromatic rings. The highest BCUT2D eigenvalue weighted by Crippen LogP contribution is 2.01. The van der Waals surface area contributed by atoms with Crippen LogP contribution in [0.2, 0.25) is 0 Å². The number of carbonyl (C=O) groups excluding carboxylic acids is 1. The van der Waals surface area contributed by atoms with Crippen LogP contribution in [-0.4, -0.2) is 42.2 Å². The third-order valence-electron chi connectivity index (χ3n) is 2.14. The molecule has 18 heavy (non-hydrogen) atoms. The maximum atomic E-state index is 11.6. The predicted octanol–water partition coefficient (Wildman–Crippen LogP) is 1.06. The van der Waals surface area contributed by atoms with Crippen molar-refractivity contribution in [3.05, 3.63) is 18.0 Å². The van der Waals surface area contributed by atoms with Crippen molar-refractivity contribution in [1.29, 1.82) is 0 Å². The summed E-state index contributed by atoms with van der Waals surface area (Å²) >= 11 is 0. The lowest BCUT2D eigenvalue weighted by atomic mass is 10.3. The van der Waals surface area contributed by atoms with E-state index >= 15 is 0 Å². The summed E-state index contributed by atoms with van der Waals surface area (Å²) in [6.45, 7) is 5.25. The van der Waals surface area contributed by atoms with Crippen LogP contribution in [-0.2, 0) is 4.74 Å². The Hall–Kier alpha value is -1.69. The summed E-state index contributed by atoms with van der Waals surface area (Å²) in [5.41, 5.74) is 0.464. The standard InChI is InChI=1S/C12H20N4O2/c1-9(2)16-11(17)10-7-14-12(15-8-10)13-5-4-6-18-3/h7-9H,4-6H2,1-3H3,(H,16,17)(H,13,14,15). The summed E-state index contributed by atoms with van der Waals surface area (Å²) in [7, 11) is 1.67. The Morgan fingerprint density at radius 1 is 1.39 bits per heavy atom. The van der Waals surface area contributed by atoms with E-state index < -0.39 is 0 Å². The maximum absolute atomic E-state index is 11.6. The number of anilines is 1. The molecule has 6 heteroatoms. The summed E-state index contributed by atoms with van der Waals surface area (Å²) < 4.78 is 4.93. The highest BCUT2D eigenvalue weighted by Gasteiger charge is 2.07. The van der Waals surface area contributed by atoms with Gasteiger partial charge in [-0.05, 0) is 20.3 Å². The van der Waals surface area contributed by atoms with Gasteiger partial charge in [0.05, 0.1) is 5.56 Å². The van der Waals surface area contributed by atoms with Gasteiger partial charge in [-0.1, -0.05) is 0 Å². The van der Waals surface area contributed by atoms with Crippen molar-refractivity contribution in [2.45, 2.75) is 26.3 Å². The van der Waals surface area contributed by atoms with Gasteiger partial charge in [-0.3, -0.25) is 4.79 Å². The van der Waals surface area contributed by atoms with Gasteiger partial charge in [-0.15, -0.1) is 0 Å². The number of methoxy groups -OCH3 is 1. The predicted molar refractivity (Wildman–Crippen MR) is 69.6 cm³/mol. The van der Waals surface area contributed by atoms with E-state index in [1.807, 2.05) is 13.8 Å². The number of hydrogen-bond donors (Lipinski definition) is 2. The first-order chi connectivity index (χ1) is 8.63. The SMILES string of the molecule is COCCCNc1ncc(C(=O)NC(C)C)cn1. The quantitative estimate of drug-likeness (QED) is 0.710. The minimum atomic E-state index is -0.157. The first kappa shape index (κ1) is 14.4. The first-order valence-electron chi connectivity index (χ1n) is 5.99. The molecule has 0 unspecified atom stereocenters. The number of carbonyl (C=O) groups is 1. The number of amides is 1. The van der Waals surface area contributed by atoms with E-state index in [0.717, 1.165) is 13.0 Å². The molecule has 1 heterocycles. The molecule has 0 saturated carbocycles. The lowest BCUT2D eigenvalue weighted by molar-refractivity contribution is 0.0942. The Morgan fingerprint density at radius 2 is 2.06 bits per heavy atom. The lowest BCUT2D eigenvalue weighted by Gasteiger charge is -2.08. The zero-order chi connectivity index (χ0) is 13.4. The van der Waals surface area contributed by atoms with Crippen molar-refractivity contribution in [1.82, 2.24) is 15.3 Å². The molecule has 0 atom stereocenters. The van der Waals surface area contributed by atoms with Crippen molar-refractivity contribution >= 4 is 11.9 Å². The van der Waals surface area contributed by atoms with E-state index in [0.29, 0.717) is 18.1 Å². The van der Waals surface area contributed by atoms with Crippen LogP contribution in [0.15, 0.2) is 12.4 Å². The van der Waals surface area contributed by atoms with Crippen LogP contribution in [0.25, 0.3) is 0 Å². The van der Waals surface area contributed by atoms with E-state index in [9.17, 15) is 4.79 Å². The molecule has 1 rings (SSSR count). The second kappa shape index (κ2) is 7.60. The van der Waals surface area contributed by atoms with Crippen molar-refractivity contribution in [2.24, 2.45) is 0 Å². The van der Waals surface area contributed by atoms with Crippen LogP contribution >= 0.6 is 0 Å². The third-order valence-corrected chi connectivity index (χ3v) is 2.14. The van der Waals surface area contributed by atoms with Gasteiger partial charge >= 0.3 is 0 Å². The van der Waals surface area contributed by atoms with Crippen LogP contribution in [0.5, 0.6) is 0 Å². The summed E-state index contributed by atoms with van der Waals surface area (Å²) in [5.74, 6) is 0.364. The summed E-state index contributed by atoms with van der Waals surface area (Å²) in [6.07, 6.45) is 3.92. The molecular formula is C12H20N4O2. The molecule has 6 nitrogen and oxygen atoms in total. The molecular weight excluding hydrogens is 232 g/mol. The van der Waals surface area contributed by atoms with E-state index in [4.69, 9.17) is 4.74 Å². The second-order valence-corrected chi connectivity index (χ2v) is 4.20. The molecule has 1 amide bonds. The maximum Gasteiger partial charge on any atom is 0.254 e. The van der Waals surface area contributed by atoms with Crippen molar-refractivity contribution in [3.63, 3.8) is 0 Å². The van der Waals surface area contributed by atoms with Gasteiger partial charge in [0.1, 0.15) is 0 Å². The van der Waals surface area contributed by atoms with Crippen molar-refractivity contribution < 1.29 is 9.53 Å². The Morgan fingerprint density at radius 3 is 2.61 bits per heavy atom. The van der Waals surface area contributed by atoms with E-state index in [1.54, 1.807) is 7.11 Å². The van der Waals surface area contributed by atoms with Crippen molar-refractivity contribution in [3.8, 4) is 0 Å². The minimum Gasteiger partial charge on any atom is -0.385 e. The van der Waals surface area contributed by atoms with Gasteiger partial charge in [0.25, 0.3) is 5.91 Å². The second-order valence-electron chi connectivity index (χ2n) is 4.20. The molecule has 0 bridgehead atoms. The Kier molecular flexibility index (Phi) is 6.07. The molecule has 0 aromatic carbocycles. The topological polar surface area (TPSA) is 76.1 Å². The Balaban J connectivity index is 2.44. The summed E-state index contributed by atoms with van der Waals surface area (Å²) in [5, 5.41) is 5.83. The van der Waals surface area contributed by atoms with Crippen LogP contribution in [0, 0.1) is 0 Å². The van der Waals surface area contributed by atoms with Gasteiger partial charge in [0, 0.05) is 38.7 Å². The third kappa shape index (κ3) is 5.09.